The molecule has 3 heterocycles. The third-order valence-electron chi connectivity index (χ3n) is 9.64. The largest absolute Gasteiger partial charge is 0.857 e. The van der Waals surface area contributed by atoms with Gasteiger partial charge in [0.2, 0.25) is 12.2 Å². The van der Waals surface area contributed by atoms with E-state index in [2.05, 4.69) is 15.0 Å². The van der Waals surface area contributed by atoms with Crippen LogP contribution in [0.5, 0.6) is 11.5 Å². The highest BCUT2D eigenvalue weighted by molar-refractivity contribution is 6.66. The van der Waals surface area contributed by atoms with Crippen LogP contribution < -0.4 is 19.5 Å². The fourth-order valence-corrected chi connectivity index (χ4v) is 7.04. The Balaban J connectivity index is 1.41. The van der Waals surface area contributed by atoms with Crippen LogP contribution in [0.3, 0.4) is 0 Å². The summed E-state index contributed by atoms with van der Waals surface area (Å²) in [5.74, 6) is -2.60. The molecule has 0 spiro atoms. The Morgan fingerprint density at radius 1 is 0.943 bits per heavy atom. The summed E-state index contributed by atoms with van der Waals surface area (Å²) in [5.41, 5.74) is -1.12. The van der Waals surface area contributed by atoms with Crippen molar-refractivity contribution in [2.75, 3.05) is 33.1 Å². The van der Waals surface area contributed by atoms with Gasteiger partial charge in [-0.05, 0) is 12.1 Å². The second-order valence-corrected chi connectivity index (χ2v) is 12.8. The number of amidine groups is 1. The van der Waals surface area contributed by atoms with Gasteiger partial charge in [0.05, 0.1) is 18.8 Å². The lowest BCUT2D eigenvalue weighted by atomic mass is 9.81. The number of ketones is 2. The highest BCUT2D eigenvalue weighted by Gasteiger charge is 2.56. The lowest BCUT2D eigenvalue weighted by molar-refractivity contribution is -0.723. The minimum atomic E-state index is -2.47. The molecule has 17 heteroatoms. The first-order valence-corrected chi connectivity index (χ1v) is 16.7. The lowest BCUT2D eigenvalue weighted by Crippen LogP contribution is -3.09. The van der Waals surface area contributed by atoms with Gasteiger partial charge in [-0.3, -0.25) is 15.0 Å². The summed E-state index contributed by atoms with van der Waals surface area (Å²) in [6, 6.07) is 14.6. The van der Waals surface area contributed by atoms with E-state index in [9.17, 15) is 45.3 Å². The number of fused-ring (bicyclic) bond motifs is 3. The number of rotatable bonds is 11. The van der Waals surface area contributed by atoms with E-state index in [0.29, 0.717) is 16.2 Å². The number of nitrogens with zero attached hydrogens (tertiary/aromatic N) is 3. The molecule has 8 N–H and O–H groups in total. The molecule has 0 saturated carbocycles. The number of para-hydroxylation sites is 1. The standard InChI is InChI=1S/C36H35N5O12/c37-35-39-32-25(33(49)40-35)38-16-41(32)22-8-4-1-5-17(22)13-18-14-21-24(27(46)20-7-3-2-6-19(20)26(21)45)30(51-12-11-43)29(18)53-34-36(50,9-10-42)31(48)28(47)23(15-44)52-34/h1-8,14,23,28,31,34,42-44,47-48,50H,9-13,15-16H2,(H2,37,40,49). The summed E-state index contributed by atoms with van der Waals surface area (Å²) < 4.78 is 18.1. The van der Waals surface area contributed by atoms with E-state index in [1.54, 1.807) is 36.4 Å². The van der Waals surface area contributed by atoms with Crippen molar-refractivity contribution in [1.82, 2.24) is 0 Å². The monoisotopic (exact) mass is 729 g/mol. The van der Waals surface area contributed by atoms with Gasteiger partial charge in [0, 0.05) is 53.2 Å². The van der Waals surface area contributed by atoms with Crippen LogP contribution in [-0.4, -0.2) is 129 Å². The minimum absolute atomic E-state index is 0.0165. The maximum absolute atomic E-state index is 14.1. The number of aliphatic hydroxyl groups is 6. The second kappa shape index (κ2) is 14.3. The summed E-state index contributed by atoms with van der Waals surface area (Å²) >= 11 is 0. The zero-order chi connectivity index (χ0) is 37.6. The first kappa shape index (κ1) is 36.1. The number of hydrogen-bond acceptors (Lipinski definition) is 14. The van der Waals surface area contributed by atoms with E-state index in [4.69, 9.17) is 19.6 Å². The van der Waals surface area contributed by atoms with Crippen molar-refractivity contribution < 1.29 is 64.4 Å². The molecule has 3 aliphatic heterocycles. The van der Waals surface area contributed by atoms with Crippen molar-refractivity contribution in [2.45, 2.75) is 43.0 Å². The molecule has 0 bridgehead atoms. The van der Waals surface area contributed by atoms with Gasteiger partial charge in [0.1, 0.15) is 30.6 Å². The van der Waals surface area contributed by atoms with Crippen LogP contribution in [0.1, 0.15) is 49.4 Å². The molecule has 0 amide bonds. The van der Waals surface area contributed by atoms with Gasteiger partial charge < -0.3 is 50.0 Å². The van der Waals surface area contributed by atoms with Crippen molar-refractivity contribution in [3.63, 3.8) is 0 Å². The van der Waals surface area contributed by atoms with Crippen molar-refractivity contribution in [1.29, 1.82) is 5.41 Å². The molecule has 4 aliphatic rings. The van der Waals surface area contributed by atoms with E-state index in [0.717, 1.165) is 0 Å². The average molecular weight is 730 g/mol. The van der Waals surface area contributed by atoms with Gasteiger partial charge in [0.15, 0.2) is 41.0 Å². The van der Waals surface area contributed by atoms with Gasteiger partial charge in [-0.1, -0.05) is 42.5 Å². The molecule has 7 rings (SSSR count). The number of benzene rings is 3. The fourth-order valence-electron chi connectivity index (χ4n) is 7.04. The molecule has 1 fully saturated rings. The summed E-state index contributed by atoms with van der Waals surface area (Å²) in [5, 5.41) is 83.5. The number of quaternary nitrogens is 1. The molecule has 3 aromatic carbocycles. The summed E-state index contributed by atoms with van der Waals surface area (Å²) in [7, 11) is 0. The normalized spacial score (nSPS) is 26.3. The molecular weight excluding hydrogens is 694 g/mol. The Labute approximate surface area is 300 Å². The van der Waals surface area contributed by atoms with Crippen LogP contribution in [0.4, 0.5) is 5.69 Å². The number of guanidine groups is 1. The van der Waals surface area contributed by atoms with Crippen LogP contribution in [-0.2, 0) is 11.2 Å². The molecule has 1 aliphatic carbocycles. The van der Waals surface area contributed by atoms with Gasteiger partial charge in [-0.2, -0.15) is 4.99 Å². The Kier molecular flexibility index (Phi) is 9.75. The molecule has 3 aromatic rings. The number of aliphatic imine (C=N–C) groups is 3. The maximum atomic E-state index is 14.1. The summed E-state index contributed by atoms with van der Waals surface area (Å²) in [4.78, 5) is 40.8. The van der Waals surface area contributed by atoms with Gasteiger partial charge in [-0.15, -0.1) is 0 Å². The van der Waals surface area contributed by atoms with E-state index in [1.807, 2.05) is 0 Å². The van der Waals surface area contributed by atoms with Crippen molar-refractivity contribution in [2.24, 2.45) is 15.0 Å². The fraction of sp³-hybridized carbons (Fsp3) is 0.333. The predicted molar refractivity (Wildman–Crippen MR) is 182 cm³/mol. The number of carbonyl (C=O) groups excluding carboxylic acids is 2. The second-order valence-electron chi connectivity index (χ2n) is 12.8. The molecule has 53 heavy (non-hydrogen) atoms. The maximum Gasteiger partial charge on any atom is 0.262 e. The van der Waals surface area contributed by atoms with Crippen LogP contribution in [0.2, 0.25) is 0 Å². The van der Waals surface area contributed by atoms with E-state index < -0.39 is 79.9 Å². The molecule has 17 nitrogen and oxygen atoms in total. The topological polar surface area (TPSA) is 272 Å². The predicted octanol–water partition coefficient (Wildman–Crippen LogP) is -2.61. The Morgan fingerprint density at radius 2 is 1.66 bits per heavy atom. The smallest absolute Gasteiger partial charge is 0.262 e. The molecule has 1 saturated heterocycles. The summed E-state index contributed by atoms with van der Waals surface area (Å²) in [6.07, 6.45) is -7.75. The van der Waals surface area contributed by atoms with Crippen molar-refractivity contribution in [3.05, 3.63) is 88.0 Å². The highest BCUT2D eigenvalue weighted by Crippen LogP contribution is 2.46. The summed E-state index contributed by atoms with van der Waals surface area (Å²) in [6.45, 7) is -2.32. The Hall–Kier alpha value is -5.24. The van der Waals surface area contributed by atoms with Crippen LogP contribution in [0.15, 0.2) is 69.6 Å². The van der Waals surface area contributed by atoms with Gasteiger partial charge in [-0.25, -0.2) is 14.9 Å². The first-order valence-electron chi connectivity index (χ1n) is 16.7. The molecule has 276 valence electrons. The van der Waals surface area contributed by atoms with Crippen LogP contribution >= 0.6 is 0 Å². The van der Waals surface area contributed by atoms with Gasteiger partial charge >= 0.3 is 0 Å². The lowest BCUT2D eigenvalue weighted by Gasteiger charge is -2.47. The van der Waals surface area contributed by atoms with Crippen molar-refractivity contribution >= 4 is 40.7 Å². The quantitative estimate of drug-likeness (QED) is 0.0789. The molecule has 6 atom stereocenters. The molecule has 6 unspecified atom stereocenters. The van der Waals surface area contributed by atoms with E-state index in [1.165, 1.54) is 18.2 Å². The van der Waals surface area contributed by atoms with E-state index >= 15 is 0 Å². The Bertz CT molecular complexity index is 2100. The van der Waals surface area contributed by atoms with Crippen molar-refractivity contribution in [3.8, 4) is 11.5 Å². The molecule has 0 aromatic heterocycles. The number of carbonyl (C=O) groups is 2. The number of ether oxygens (including phenoxy) is 3. The number of hydrogen-bond donors (Lipinski definition) is 8. The Morgan fingerprint density at radius 3 is 2.38 bits per heavy atom. The zero-order valence-electron chi connectivity index (χ0n) is 27.9. The van der Waals surface area contributed by atoms with Gasteiger partial charge in [0.25, 0.3) is 5.84 Å². The minimum Gasteiger partial charge on any atom is -0.857 e. The molecular formula is C36H35N5O12. The zero-order valence-corrected chi connectivity index (χ0v) is 27.9. The SMILES string of the molecule is N=C1N=C([O-])C2=NC[NH+](c3ccccc3Cc3cc4c(c(OCCO)c3OC3OC(CO)C(O)C(O)C3(O)CCO)C(=O)c3ccccc3C4=O)C2=N1. The third kappa shape index (κ3) is 6.12. The van der Waals surface area contributed by atoms with Crippen LogP contribution in [0, 0.1) is 5.41 Å². The number of aliphatic hydroxyl groups excluding tert-OH is 5. The molecule has 0 radical (unpaired) electrons. The van der Waals surface area contributed by atoms with Crippen LogP contribution in [0.25, 0.3) is 0 Å². The third-order valence-corrected chi connectivity index (χ3v) is 9.64. The first-order chi connectivity index (χ1) is 25.5. The average Bonchev–Trinajstić information content (AvgIpc) is 3.58. The van der Waals surface area contributed by atoms with E-state index in [-0.39, 0.29) is 70.6 Å². The number of nitrogens with one attached hydrogen (secondary N) is 2. The highest BCUT2D eigenvalue weighted by atomic mass is 16.7.